The zero-order chi connectivity index (χ0) is 16.5. The van der Waals surface area contributed by atoms with Crippen molar-refractivity contribution in [3.05, 3.63) is 58.8 Å². The largest absolute Gasteiger partial charge is 0.354 e. The summed E-state index contributed by atoms with van der Waals surface area (Å²) in [5, 5.41) is 7.47. The van der Waals surface area contributed by atoms with E-state index in [9.17, 15) is 0 Å². The Morgan fingerprint density at radius 3 is 2.75 bits per heavy atom. The number of nitrogens with zero attached hydrogens (tertiary/aromatic N) is 6. The molecule has 0 aliphatic heterocycles. The minimum Gasteiger partial charge on any atom is -0.354 e. The quantitative estimate of drug-likeness (QED) is 0.573. The maximum Gasteiger partial charge on any atom is 0.254 e. The molecular formula is C17H16N6S. The first-order chi connectivity index (χ1) is 11.7. The summed E-state index contributed by atoms with van der Waals surface area (Å²) in [4.78, 5) is 15.5. The molecule has 0 spiro atoms. The van der Waals surface area contributed by atoms with Crippen LogP contribution >= 0.6 is 11.3 Å². The third-order valence-corrected chi connectivity index (χ3v) is 4.58. The average Bonchev–Trinajstić information content (AvgIpc) is 3.23. The number of hydrogen-bond donors (Lipinski definition) is 0. The van der Waals surface area contributed by atoms with Crippen LogP contribution in [-0.2, 0) is 6.54 Å². The number of hydrogen-bond acceptors (Lipinski definition) is 6. The van der Waals surface area contributed by atoms with Crippen molar-refractivity contribution in [3.8, 4) is 11.3 Å². The predicted octanol–water partition coefficient (Wildman–Crippen LogP) is 3.19. The molecule has 1 aromatic carbocycles. The SMILES string of the molecule is Cc1nc(CN(C)c2cc(-c3ccccc3)nc3ncnn23)cs1. The molecule has 0 N–H and O–H groups in total. The van der Waals surface area contributed by atoms with Gasteiger partial charge in [0.2, 0.25) is 0 Å². The van der Waals surface area contributed by atoms with Gasteiger partial charge in [0.15, 0.2) is 0 Å². The first-order valence-electron chi connectivity index (χ1n) is 7.59. The highest BCUT2D eigenvalue weighted by atomic mass is 32.1. The van der Waals surface area contributed by atoms with Crippen LogP contribution in [0.3, 0.4) is 0 Å². The van der Waals surface area contributed by atoms with Crippen molar-refractivity contribution in [2.24, 2.45) is 0 Å². The molecule has 0 bridgehead atoms. The summed E-state index contributed by atoms with van der Waals surface area (Å²) in [6.07, 6.45) is 1.53. The fraction of sp³-hybridized carbons (Fsp3) is 0.176. The Morgan fingerprint density at radius 1 is 1.17 bits per heavy atom. The van der Waals surface area contributed by atoms with Gasteiger partial charge >= 0.3 is 0 Å². The lowest BCUT2D eigenvalue weighted by atomic mass is 10.1. The van der Waals surface area contributed by atoms with Crippen LogP contribution in [0, 0.1) is 6.92 Å². The highest BCUT2D eigenvalue weighted by Gasteiger charge is 2.13. The lowest BCUT2D eigenvalue weighted by Crippen LogP contribution is -2.20. The second-order valence-corrected chi connectivity index (χ2v) is 6.61. The average molecular weight is 336 g/mol. The standard InChI is InChI=1S/C17H16N6S/c1-12-20-14(10-24-12)9-22(2)16-8-15(13-6-4-3-5-7-13)21-17-18-11-19-23(16)17/h3-8,10-11H,9H2,1-2H3. The number of anilines is 1. The molecule has 120 valence electrons. The third-order valence-electron chi connectivity index (χ3n) is 3.76. The van der Waals surface area contributed by atoms with Crippen molar-refractivity contribution < 1.29 is 0 Å². The molecule has 3 heterocycles. The van der Waals surface area contributed by atoms with Gasteiger partial charge in [-0.25, -0.2) is 9.97 Å². The molecular weight excluding hydrogens is 320 g/mol. The number of thiazole rings is 1. The highest BCUT2D eigenvalue weighted by Crippen LogP contribution is 2.24. The van der Waals surface area contributed by atoms with Crippen LogP contribution in [0.15, 0.2) is 48.1 Å². The molecule has 0 saturated carbocycles. The van der Waals surface area contributed by atoms with Gasteiger partial charge in [0.25, 0.3) is 5.78 Å². The van der Waals surface area contributed by atoms with E-state index in [2.05, 4.69) is 30.3 Å². The van der Waals surface area contributed by atoms with Gasteiger partial charge < -0.3 is 4.90 Å². The second kappa shape index (κ2) is 6.01. The van der Waals surface area contributed by atoms with E-state index in [-0.39, 0.29) is 0 Å². The maximum atomic E-state index is 4.61. The Hall–Kier alpha value is -2.80. The molecule has 0 fully saturated rings. The van der Waals surface area contributed by atoms with Crippen molar-refractivity contribution in [2.45, 2.75) is 13.5 Å². The van der Waals surface area contributed by atoms with Gasteiger partial charge in [0.1, 0.15) is 12.1 Å². The van der Waals surface area contributed by atoms with Crippen molar-refractivity contribution in [2.75, 3.05) is 11.9 Å². The number of fused-ring (bicyclic) bond motifs is 1. The molecule has 0 unspecified atom stereocenters. The van der Waals surface area contributed by atoms with Crippen LogP contribution in [0.2, 0.25) is 0 Å². The van der Waals surface area contributed by atoms with Gasteiger partial charge in [-0.2, -0.15) is 14.6 Å². The van der Waals surface area contributed by atoms with E-state index >= 15 is 0 Å². The van der Waals surface area contributed by atoms with Crippen molar-refractivity contribution in [1.82, 2.24) is 24.6 Å². The monoisotopic (exact) mass is 336 g/mol. The molecule has 0 saturated heterocycles. The zero-order valence-corrected chi connectivity index (χ0v) is 14.2. The lowest BCUT2D eigenvalue weighted by molar-refractivity contribution is 0.819. The number of aryl methyl sites for hydroxylation is 1. The second-order valence-electron chi connectivity index (χ2n) is 5.55. The summed E-state index contributed by atoms with van der Waals surface area (Å²) in [7, 11) is 2.03. The molecule has 7 heteroatoms. The van der Waals surface area contributed by atoms with Crippen LogP contribution in [0.25, 0.3) is 17.0 Å². The van der Waals surface area contributed by atoms with E-state index < -0.39 is 0 Å². The number of aromatic nitrogens is 5. The Balaban J connectivity index is 1.77. The maximum absolute atomic E-state index is 4.61. The fourth-order valence-corrected chi connectivity index (χ4v) is 3.23. The molecule has 3 aromatic heterocycles. The molecule has 0 amide bonds. The Morgan fingerprint density at radius 2 is 2.00 bits per heavy atom. The molecule has 0 aliphatic carbocycles. The zero-order valence-electron chi connectivity index (χ0n) is 13.4. The molecule has 4 aromatic rings. The van der Waals surface area contributed by atoms with E-state index in [0.29, 0.717) is 12.3 Å². The topological polar surface area (TPSA) is 59.2 Å². The van der Waals surface area contributed by atoms with E-state index in [1.165, 1.54) is 6.33 Å². The lowest BCUT2D eigenvalue weighted by Gasteiger charge is -2.19. The first kappa shape index (κ1) is 14.8. The summed E-state index contributed by atoms with van der Waals surface area (Å²) in [5.74, 6) is 1.52. The van der Waals surface area contributed by atoms with Crippen LogP contribution in [0.1, 0.15) is 10.7 Å². The van der Waals surface area contributed by atoms with Gasteiger partial charge in [-0.3, -0.25) is 0 Å². The van der Waals surface area contributed by atoms with Gasteiger partial charge in [-0.1, -0.05) is 30.3 Å². The van der Waals surface area contributed by atoms with E-state index in [0.717, 1.165) is 27.8 Å². The molecule has 4 rings (SSSR count). The Kier molecular flexibility index (Phi) is 3.70. The van der Waals surface area contributed by atoms with Gasteiger partial charge in [0.05, 0.1) is 22.9 Å². The highest BCUT2D eigenvalue weighted by molar-refractivity contribution is 7.09. The summed E-state index contributed by atoms with van der Waals surface area (Å²) >= 11 is 1.66. The van der Waals surface area contributed by atoms with Crippen LogP contribution in [0.4, 0.5) is 5.82 Å². The molecule has 0 atom stereocenters. The molecule has 6 nitrogen and oxygen atoms in total. The molecule has 0 aliphatic rings. The summed E-state index contributed by atoms with van der Waals surface area (Å²) in [6.45, 7) is 2.72. The fourth-order valence-electron chi connectivity index (χ4n) is 2.63. The normalized spacial score (nSPS) is 11.1. The third kappa shape index (κ3) is 2.74. The minimum atomic E-state index is 0.590. The molecule has 24 heavy (non-hydrogen) atoms. The van der Waals surface area contributed by atoms with Crippen molar-refractivity contribution in [3.63, 3.8) is 0 Å². The van der Waals surface area contributed by atoms with E-state index in [1.807, 2.05) is 50.4 Å². The Labute approximate surface area is 143 Å². The van der Waals surface area contributed by atoms with E-state index in [4.69, 9.17) is 0 Å². The van der Waals surface area contributed by atoms with Crippen molar-refractivity contribution in [1.29, 1.82) is 0 Å². The van der Waals surface area contributed by atoms with Gasteiger partial charge in [-0.15, -0.1) is 11.3 Å². The first-order valence-corrected chi connectivity index (χ1v) is 8.47. The summed E-state index contributed by atoms with van der Waals surface area (Å²) in [5.41, 5.74) is 2.99. The van der Waals surface area contributed by atoms with Crippen molar-refractivity contribution >= 4 is 22.9 Å². The predicted molar refractivity (Wildman–Crippen MR) is 95.2 cm³/mol. The number of rotatable bonds is 4. The van der Waals surface area contributed by atoms with Crippen LogP contribution < -0.4 is 4.90 Å². The minimum absolute atomic E-state index is 0.590. The van der Waals surface area contributed by atoms with Crippen LogP contribution in [-0.4, -0.2) is 31.6 Å². The van der Waals surface area contributed by atoms with E-state index in [1.54, 1.807) is 15.9 Å². The summed E-state index contributed by atoms with van der Waals surface area (Å²) in [6, 6.07) is 12.1. The summed E-state index contributed by atoms with van der Waals surface area (Å²) < 4.78 is 1.76. The smallest absolute Gasteiger partial charge is 0.254 e. The Bertz CT molecular complexity index is 975. The van der Waals surface area contributed by atoms with Gasteiger partial charge in [0, 0.05) is 24.1 Å². The van der Waals surface area contributed by atoms with Gasteiger partial charge in [-0.05, 0) is 6.92 Å². The molecule has 0 radical (unpaired) electrons. The van der Waals surface area contributed by atoms with Crippen LogP contribution in [0.5, 0.6) is 0 Å². The number of benzene rings is 1.